The van der Waals surface area contributed by atoms with Crippen LogP contribution < -0.4 is 0 Å². The Morgan fingerprint density at radius 1 is 1.25 bits per heavy atom. The molecule has 0 aliphatic heterocycles. The van der Waals surface area contributed by atoms with Gasteiger partial charge in [-0.25, -0.2) is 0 Å². The first-order chi connectivity index (χ1) is 7.58. The van der Waals surface area contributed by atoms with Gasteiger partial charge in [0.25, 0.3) is 0 Å². The van der Waals surface area contributed by atoms with Crippen molar-refractivity contribution in [1.29, 1.82) is 5.26 Å². The molecule has 1 rings (SSSR count). The summed E-state index contributed by atoms with van der Waals surface area (Å²) >= 11 is 17.9. The van der Waals surface area contributed by atoms with Crippen LogP contribution in [0.25, 0.3) is 5.03 Å². The lowest BCUT2D eigenvalue weighted by Crippen LogP contribution is -1.85. The van der Waals surface area contributed by atoms with Crippen LogP contribution in [-0.4, -0.2) is 0 Å². The van der Waals surface area contributed by atoms with E-state index in [9.17, 15) is 0 Å². The van der Waals surface area contributed by atoms with Crippen LogP contribution in [0.2, 0.25) is 10.0 Å². The zero-order chi connectivity index (χ0) is 12.1. The van der Waals surface area contributed by atoms with Crippen molar-refractivity contribution in [2.75, 3.05) is 0 Å². The van der Waals surface area contributed by atoms with Gasteiger partial charge in [-0.15, -0.1) is 0 Å². The second kappa shape index (κ2) is 6.15. The maximum Gasteiger partial charge on any atom is 0.0962 e. The average molecular weight is 275 g/mol. The van der Waals surface area contributed by atoms with Crippen molar-refractivity contribution in [2.24, 2.45) is 0 Å². The van der Waals surface area contributed by atoms with E-state index in [1.54, 1.807) is 18.2 Å². The first-order valence-electron chi connectivity index (χ1n) is 4.83. The van der Waals surface area contributed by atoms with Crippen LogP contribution in [0.3, 0.4) is 0 Å². The number of allylic oxidation sites excluding steroid dienone is 1. The SMILES string of the molecule is CCCC(C#N)=C(Cl)c1cc(Cl)cc(Cl)c1. The molecule has 0 heterocycles. The Morgan fingerprint density at radius 2 is 1.81 bits per heavy atom. The van der Waals surface area contributed by atoms with Crippen LogP contribution >= 0.6 is 34.8 Å². The minimum absolute atomic E-state index is 0.425. The maximum atomic E-state index is 8.97. The van der Waals surface area contributed by atoms with E-state index in [0.717, 1.165) is 6.42 Å². The van der Waals surface area contributed by atoms with Gasteiger partial charge in [-0.05, 0) is 30.2 Å². The summed E-state index contributed by atoms with van der Waals surface area (Å²) in [7, 11) is 0. The summed E-state index contributed by atoms with van der Waals surface area (Å²) in [6.45, 7) is 1.99. The lowest BCUT2D eigenvalue weighted by atomic mass is 10.1. The Labute approximate surface area is 110 Å². The van der Waals surface area contributed by atoms with Gasteiger partial charge in [0, 0.05) is 15.6 Å². The van der Waals surface area contributed by atoms with Crippen LogP contribution in [-0.2, 0) is 0 Å². The number of rotatable bonds is 3. The molecule has 0 fully saturated rings. The van der Waals surface area contributed by atoms with E-state index in [4.69, 9.17) is 40.1 Å². The molecule has 0 aliphatic carbocycles. The molecule has 0 spiro atoms. The van der Waals surface area contributed by atoms with E-state index in [1.807, 2.05) is 6.92 Å². The van der Waals surface area contributed by atoms with Gasteiger partial charge >= 0.3 is 0 Å². The van der Waals surface area contributed by atoms with Gasteiger partial charge in [0.1, 0.15) is 0 Å². The summed E-state index contributed by atoms with van der Waals surface area (Å²) in [5.41, 5.74) is 1.24. The van der Waals surface area contributed by atoms with Gasteiger partial charge in [-0.2, -0.15) is 5.26 Å². The van der Waals surface area contributed by atoms with Crippen molar-refractivity contribution in [3.05, 3.63) is 39.4 Å². The van der Waals surface area contributed by atoms with Crippen molar-refractivity contribution in [3.8, 4) is 6.07 Å². The molecule has 1 nitrogen and oxygen atoms in total. The zero-order valence-corrected chi connectivity index (χ0v) is 11.0. The number of benzene rings is 1. The summed E-state index contributed by atoms with van der Waals surface area (Å²) in [4.78, 5) is 0. The van der Waals surface area contributed by atoms with Crippen LogP contribution in [0.1, 0.15) is 25.3 Å². The number of hydrogen-bond acceptors (Lipinski definition) is 1. The van der Waals surface area contributed by atoms with E-state index in [0.29, 0.717) is 32.6 Å². The Balaban J connectivity index is 3.22. The molecule has 0 unspecified atom stereocenters. The molecule has 0 atom stereocenters. The summed E-state index contributed by atoms with van der Waals surface area (Å²) in [5, 5.41) is 10.4. The third-order valence-corrected chi connectivity index (χ3v) is 2.90. The van der Waals surface area contributed by atoms with Crippen LogP contribution in [0.15, 0.2) is 23.8 Å². The molecule has 0 bridgehead atoms. The van der Waals surface area contributed by atoms with E-state index in [1.165, 1.54) is 0 Å². The van der Waals surface area contributed by atoms with Crippen molar-refractivity contribution in [1.82, 2.24) is 0 Å². The molecule has 84 valence electrons. The molecule has 0 radical (unpaired) electrons. The molecular formula is C12H10Cl3N. The quantitative estimate of drug-likeness (QED) is 0.689. The number of hydrogen-bond donors (Lipinski definition) is 0. The van der Waals surface area contributed by atoms with Crippen LogP contribution in [0, 0.1) is 11.3 Å². The highest BCUT2D eigenvalue weighted by Crippen LogP contribution is 2.30. The Bertz CT molecular complexity index is 438. The van der Waals surface area contributed by atoms with Gasteiger partial charge < -0.3 is 0 Å². The van der Waals surface area contributed by atoms with Gasteiger partial charge in [-0.3, -0.25) is 0 Å². The van der Waals surface area contributed by atoms with Crippen LogP contribution in [0.5, 0.6) is 0 Å². The van der Waals surface area contributed by atoms with Crippen molar-refractivity contribution in [3.63, 3.8) is 0 Å². The molecule has 0 aromatic heterocycles. The minimum Gasteiger partial charge on any atom is -0.193 e. The summed E-state index contributed by atoms with van der Waals surface area (Å²) in [5.74, 6) is 0. The van der Waals surface area contributed by atoms with E-state index in [-0.39, 0.29) is 0 Å². The van der Waals surface area contributed by atoms with Crippen molar-refractivity contribution >= 4 is 39.8 Å². The summed E-state index contributed by atoms with van der Waals surface area (Å²) in [6.07, 6.45) is 1.52. The second-order valence-corrected chi connectivity index (χ2v) is 4.56. The molecule has 4 heteroatoms. The largest absolute Gasteiger partial charge is 0.193 e. The normalized spacial score (nSPS) is 11.9. The predicted octanol–water partition coefficient (Wildman–Crippen LogP) is 5.27. The average Bonchev–Trinajstić information content (AvgIpc) is 2.23. The van der Waals surface area contributed by atoms with E-state index in [2.05, 4.69) is 6.07 Å². The first kappa shape index (κ1) is 13.4. The van der Waals surface area contributed by atoms with Crippen molar-refractivity contribution in [2.45, 2.75) is 19.8 Å². The molecule has 0 N–H and O–H groups in total. The number of nitrogens with zero attached hydrogens (tertiary/aromatic N) is 1. The Kier molecular flexibility index (Phi) is 5.15. The number of halogens is 3. The highest BCUT2D eigenvalue weighted by molar-refractivity contribution is 6.50. The molecule has 16 heavy (non-hydrogen) atoms. The van der Waals surface area contributed by atoms with E-state index >= 15 is 0 Å². The Morgan fingerprint density at radius 3 is 2.25 bits per heavy atom. The number of nitriles is 1. The van der Waals surface area contributed by atoms with Gasteiger partial charge in [0.15, 0.2) is 0 Å². The monoisotopic (exact) mass is 273 g/mol. The summed E-state index contributed by atoms with van der Waals surface area (Å²) < 4.78 is 0. The molecule has 1 aromatic carbocycles. The Hall–Kier alpha value is -0.680. The van der Waals surface area contributed by atoms with E-state index < -0.39 is 0 Å². The predicted molar refractivity (Wildman–Crippen MR) is 69.8 cm³/mol. The molecule has 0 saturated carbocycles. The third kappa shape index (κ3) is 3.42. The third-order valence-electron chi connectivity index (χ3n) is 2.02. The molecule has 1 aromatic rings. The lowest BCUT2D eigenvalue weighted by Gasteiger charge is -2.04. The van der Waals surface area contributed by atoms with Crippen LogP contribution in [0.4, 0.5) is 0 Å². The fraction of sp³-hybridized carbons (Fsp3) is 0.250. The topological polar surface area (TPSA) is 23.8 Å². The fourth-order valence-corrected chi connectivity index (χ4v) is 2.09. The van der Waals surface area contributed by atoms with Gasteiger partial charge in [0.05, 0.1) is 11.1 Å². The van der Waals surface area contributed by atoms with Crippen molar-refractivity contribution < 1.29 is 0 Å². The standard InChI is InChI=1S/C12H10Cl3N/c1-2-3-8(7-16)12(15)9-4-10(13)6-11(14)5-9/h4-6H,2-3H2,1H3. The molecule has 0 amide bonds. The zero-order valence-electron chi connectivity index (χ0n) is 8.73. The first-order valence-corrected chi connectivity index (χ1v) is 5.97. The molecule has 0 aliphatic rings. The maximum absolute atomic E-state index is 8.97. The molecular weight excluding hydrogens is 264 g/mol. The van der Waals surface area contributed by atoms with Gasteiger partial charge in [-0.1, -0.05) is 48.1 Å². The summed E-state index contributed by atoms with van der Waals surface area (Å²) in [6, 6.07) is 7.12. The highest BCUT2D eigenvalue weighted by atomic mass is 35.5. The fourth-order valence-electron chi connectivity index (χ4n) is 1.32. The second-order valence-electron chi connectivity index (χ2n) is 3.31. The minimum atomic E-state index is 0.425. The smallest absolute Gasteiger partial charge is 0.0962 e. The van der Waals surface area contributed by atoms with Gasteiger partial charge in [0.2, 0.25) is 0 Å². The highest BCUT2D eigenvalue weighted by Gasteiger charge is 2.08. The molecule has 0 saturated heterocycles. The lowest BCUT2D eigenvalue weighted by molar-refractivity contribution is 0.933.